The molecule has 0 spiro atoms. The van der Waals surface area contributed by atoms with E-state index in [0.717, 1.165) is 37.3 Å². The Labute approximate surface area is 137 Å². The standard InChI is InChI=1S/C18H24N4O/c1-13(19)15-7-6-10-21(11-15)18(23)17-12-22(20-14(17)2)16-8-4-3-5-9-16/h3-5,8-9,12-13,15H,6-7,10-11,19H2,1-2H3/t13-,15+/m0/s1. The average molecular weight is 312 g/mol. The molecule has 0 aliphatic carbocycles. The predicted octanol–water partition coefficient (Wildman–Crippen LogP) is 2.38. The number of carbonyl (C=O) groups is 1. The molecule has 2 atom stereocenters. The van der Waals surface area contributed by atoms with Crippen molar-refractivity contribution in [3.63, 3.8) is 0 Å². The van der Waals surface area contributed by atoms with E-state index in [9.17, 15) is 4.79 Å². The Kier molecular flexibility index (Phi) is 4.48. The summed E-state index contributed by atoms with van der Waals surface area (Å²) in [5.41, 5.74) is 8.43. The van der Waals surface area contributed by atoms with E-state index in [4.69, 9.17) is 5.73 Å². The zero-order valence-corrected chi connectivity index (χ0v) is 13.8. The van der Waals surface area contributed by atoms with Crippen LogP contribution in [0.25, 0.3) is 5.69 Å². The molecule has 1 aromatic carbocycles. The first-order valence-corrected chi connectivity index (χ1v) is 8.23. The van der Waals surface area contributed by atoms with Crippen molar-refractivity contribution in [2.24, 2.45) is 11.7 Å². The molecule has 122 valence electrons. The van der Waals surface area contributed by atoms with Gasteiger partial charge in [0.15, 0.2) is 0 Å². The molecule has 1 aromatic heterocycles. The quantitative estimate of drug-likeness (QED) is 0.946. The number of rotatable bonds is 3. The molecule has 0 radical (unpaired) electrons. The van der Waals surface area contributed by atoms with Crippen LogP contribution in [0.4, 0.5) is 0 Å². The van der Waals surface area contributed by atoms with Gasteiger partial charge in [-0.3, -0.25) is 4.79 Å². The summed E-state index contributed by atoms with van der Waals surface area (Å²) in [5.74, 6) is 0.451. The summed E-state index contributed by atoms with van der Waals surface area (Å²) in [6, 6.07) is 9.98. The van der Waals surface area contributed by atoms with E-state index < -0.39 is 0 Å². The van der Waals surface area contributed by atoms with E-state index in [1.54, 1.807) is 4.68 Å². The van der Waals surface area contributed by atoms with Crippen LogP contribution in [-0.4, -0.2) is 39.7 Å². The van der Waals surface area contributed by atoms with Gasteiger partial charge < -0.3 is 10.6 Å². The van der Waals surface area contributed by atoms with Crippen molar-refractivity contribution in [3.05, 3.63) is 47.8 Å². The van der Waals surface area contributed by atoms with Crippen molar-refractivity contribution in [2.45, 2.75) is 32.7 Å². The molecule has 0 bridgehead atoms. The summed E-state index contributed by atoms with van der Waals surface area (Å²) in [6.07, 6.45) is 3.95. The Morgan fingerprint density at radius 2 is 2.09 bits per heavy atom. The molecule has 3 rings (SSSR count). The highest BCUT2D eigenvalue weighted by Crippen LogP contribution is 2.22. The number of aromatic nitrogens is 2. The molecule has 1 aliphatic rings. The lowest BCUT2D eigenvalue weighted by molar-refractivity contribution is 0.0660. The second-order valence-corrected chi connectivity index (χ2v) is 6.42. The van der Waals surface area contributed by atoms with Crippen LogP contribution in [0.2, 0.25) is 0 Å². The molecule has 2 heterocycles. The number of para-hydroxylation sites is 1. The summed E-state index contributed by atoms with van der Waals surface area (Å²) in [6.45, 7) is 5.46. The Hall–Kier alpha value is -2.14. The van der Waals surface area contributed by atoms with Crippen molar-refractivity contribution in [3.8, 4) is 5.69 Å². The van der Waals surface area contributed by atoms with Gasteiger partial charge in [-0.1, -0.05) is 18.2 Å². The maximum absolute atomic E-state index is 12.9. The number of likely N-dealkylation sites (tertiary alicyclic amines) is 1. The fourth-order valence-electron chi connectivity index (χ4n) is 3.18. The summed E-state index contributed by atoms with van der Waals surface area (Å²) < 4.78 is 1.77. The van der Waals surface area contributed by atoms with Gasteiger partial charge in [0.25, 0.3) is 5.91 Å². The first-order chi connectivity index (χ1) is 11.1. The van der Waals surface area contributed by atoms with E-state index in [0.29, 0.717) is 11.5 Å². The highest BCUT2D eigenvalue weighted by molar-refractivity contribution is 5.95. The van der Waals surface area contributed by atoms with Crippen LogP contribution in [0.15, 0.2) is 36.5 Å². The predicted molar refractivity (Wildman–Crippen MR) is 90.6 cm³/mol. The molecule has 1 fully saturated rings. The van der Waals surface area contributed by atoms with Gasteiger partial charge in [-0.15, -0.1) is 0 Å². The van der Waals surface area contributed by atoms with Crippen molar-refractivity contribution < 1.29 is 4.79 Å². The van der Waals surface area contributed by atoms with Gasteiger partial charge in [0, 0.05) is 25.3 Å². The van der Waals surface area contributed by atoms with Gasteiger partial charge in [-0.2, -0.15) is 5.10 Å². The zero-order valence-electron chi connectivity index (χ0n) is 13.8. The molecular formula is C18H24N4O. The first kappa shape index (κ1) is 15.7. The molecule has 1 saturated heterocycles. The van der Waals surface area contributed by atoms with Gasteiger partial charge in [-0.05, 0) is 44.7 Å². The van der Waals surface area contributed by atoms with Crippen LogP contribution in [-0.2, 0) is 0 Å². The van der Waals surface area contributed by atoms with Gasteiger partial charge in [0.05, 0.1) is 16.9 Å². The average Bonchev–Trinajstić information content (AvgIpc) is 2.97. The summed E-state index contributed by atoms with van der Waals surface area (Å²) >= 11 is 0. The number of carbonyl (C=O) groups excluding carboxylic acids is 1. The normalized spacial score (nSPS) is 19.6. The highest BCUT2D eigenvalue weighted by Gasteiger charge is 2.28. The number of nitrogens with two attached hydrogens (primary N) is 1. The minimum atomic E-state index is 0.0648. The Morgan fingerprint density at radius 1 is 1.35 bits per heavy atom. The summed E-state index contributed by atoms with van der Waals surface area (Å²) in [5, 5.41) is 4.50. The van der Waals surface area contributed by atoms with E-state index in [1.807, 2.05) is 55.3 Å². The smallest absolute Gasteiger partial charge is 0.257 e. The summed E-state index contributed by atoms with van der Waals surface area (Å²) in [4.78, 5) is 14.8. The molecule has 2 N–H and O–H groups in total. The number of hydrogen-bond donors (Lipinski definition) is 1. The van der Waals surface area contributed by atoms with Crippen molar-refractivity contribution in [1.82, 2.24) is 14.7 Å². The second kappa shape index (κ2) is 6.54. The lowest BCUT2D eigenvalue weighted by Crippen LogP contribution is -2.45. The lowest BCUT2D eigenvalue weighted by atomic mass is 9.92. The number of hydrogen-bond acceptors (Lipinski definition) is 3. The van der Waals surface area contributed by atoms with Gasteiger partial charge in [-0.25, -0.2) is 4.68 Å². The zero-order chi connectivity index (χ0) is 16.4. The number of benzene rings is 1. The molecule has 2 aromatic rings. The second-order valence-electron chi connectivity index (χ2n) is 6.42. The van der Waals surface area contributed by atoms with Gasteiger partial charge in [0.2, 0.25) is 0 Å². The summed E-state index contributed by atoms with van der Waals surface area (Å²) in [7, 11) is 0. The molecular weight excluding hydrogens is 288 g/mol. The number of piperidine rings is 1. The van der Waals surface area contributed by atoms with Crippen LogP contribution < -0.4 is 5.73 Å². The largest absolute Gasteiger partial charge is 0.338 e. The van der Waals surface area contributed by atoms with Crippen LogP contribution in [0.5, 0.6) is 0 Å². The minimum Gasteiger partial charge on any atom is -0.338 e. The van der Waals surface area contributed by atoms with E-state index >= 15 is 0 Å². The fraction of sp³-hybridized carbons (Fsp3) is 0.444. The number of amides is 1. The third-order valence-electron chi connectivity index (χ3n) is 4.64. The molecule has 5 heteroatoms. The van der Waals surface area contributed by atoms with Crippen molar-refractivity contribution in [2.75, 3.05) is 13.1 Å². The molecule has 1 amide bonds. The topological polar surface area (TPSA) is 64.2 Å². The number of aryl methyl sites for hydroxylation is 1. The third kappa shape index (κ3) is 3.29. The molecule has 23 heavy (non-hydrogen) atoms. The Bertz CT molecular complexity index is 678. The minimum absolute atomic E-state index is 0.0648. The SMILES string of the molecule is Cc1nn(-c2ccccc2)cc1C(=O)N1CCC[C@@H]([C@H](C)N)C1. The van der Waals surface area contributed by atoms with Gasteiger partial charge in [0.1, 0.15) is 0 Å². The van der Waals surface area contributed by atoms with Crippen molar-refractivity contribution in [1.29, 1.82) is 0 Å². The highest BCUT2D eigenvalue weighted by atomic mass is 16.2. The Morgan fingerprint density at radius 3 is 2.78 bits per heavy atom. The Balaban J connectivity index is 1.81. The van der Waals surface area contributed by atoms with Gasteiger partial charge >= 0.3 is 0 Å². The van der Waals surface area contributed by atoms with Crippen LogP contribution in [0.1, 0.15) is 35.8 Å². The van der Waals surface area contributed by atoms with E-state index in [2.05, 4.69) is 5.10 Å². The molecule has 0 saturated carbocycles. The fourth-order valence-corrected chi connectivity index (χ4v) is 3.18. The van der Waals surface area contributed by atoms with Crippen LogP contribution in [0.3, 0.4) is 0 Å². The van der Waals surface area contributed by atoms with Crippen molar-refractivity contribution >= 4 is 5.91 Å². The lowest BCUT2D eigenvalue weighted by Gasteiger charge is -2.34. The monoisotopic (exact) mass is 312 g/mol. The molecule has 1 aliphatic heterocycles. The van der Waals surface area contributed by atoms with E-state index in [1.165, 1.54) is 0 Å². The van der Waals surface area contributed by atoms with Crippen LogP contribution in [0, 0.1) is 12.8 Å². The van der Waals surface area contributed by atoms with E-state index in [-0.39, 0.29) is 11.9 Å². The third-order valence-corrected chi connectivity index (χ3v) is 4.64. The molecule has 5 nitrogen and oxygen atoms in total. The number of nitrogens with zero attached hydrogens (tertiary/aromatic N) is 3. The molecule has 0 unspecified atom stereocenters. The van der Waals surface area contributed by atoms with Crippen LogP contribution >= 0.6 is 0 Å². The maximum atomic E-state index is 12.9. The first-order valence-electron chi connectivity index (χ1n) is 8.23. The maximum Gasteiger partial charge on any atom is 0.257 e.